The van der Waals surface area contributed by atoms with Crippen LogP contribution in [0.5, 0.6) is 0 Å². The number of carbonyl (C=O) groups is 2. The van der Waals surface area contributed by atoms with Crippen molar-refractivity contribution in [3.05, 3.63) is 54.1 Å². The fourth-order valence-corrected chi connectivity index (χ4v) is 1.93. The lowest BCUT2D eigenvalue weighted by Gasteiger charge is -2.04. The van der Waals surface area contributed by atoms with E-state index in [1.807, 2.05) is 37.3 Å². The molecule has 0 fully saturated rings. The first-order valence-electron chi connectivity index (χ1n) is 7.33. The Balaban J connectivity index is 0.000000240. The van der Waals surface area contributed by atoms with E-state index in [1.165, 1.54) is 12.5 Å². The molecule has 1 aromatic carbocycles. The summed E-state index contributed by atoms with van der Waals surface area (Å²) in [6.07, 6.45) is 2.66. The topological polar surface area (TPSA) is 144 Å². The summed E-state index contributed by atoms with van der Waals surface area (Å²) in [5.41, 5.74) is 12.4. The molecule has 24 heavy (non-hydrogen) atoms. The van der Waals surface area contributed by atoms with Gasteiger partial charge >= 0.3 is 12.1 Å². The second-order valence-electron chi connectivity index (χ2n) is 5.35. The minimum atomic E-state index is -1.02. The van der Waals surface area contributed by atoms with E-state index < -0.39 is 18.1 Å². The molecule has 1 heterocycles. The van der Waals surface area contributed by atoms with Crippen LogP contribution in [0.4, 0.5) is 4.79 Å². The van der Waals surface area contributed by atoms with Crippen LogP contribution in [-0.2, 0) is 17.6 Å². The number of nitrogens with zero attached hydrogens (tertiary/aromatic N) is 2. The molecule has 0 bridgehead atoms. The van der Waals surface area contributed by atoms with E-state index in [4.69, 9.17) is 21.7 Å². The van der Waals surface area contributed by atoms with E-state index >= 15 is 0 Å². The number of imidazole rings is 1. The number of benzene rings is 1. The Kier molecular flexibility index (Phi) is 7.60. The van der Waals surface area contributed by atoms with Crippen molar-refractivity contribution in [2.45, 2.75) is 31.8 Å². The maximum absolute atomic E-state index is 10.5. The molecule has 0 radical (unpaired) electrons. The summed E-state index contributed by atoms with van der Waals surface area (Å²) in [4.78, 5) is 24.6. The van der Waals surface area contributed by atoms with Crippen LogP contribution in [-0.4, -0.2) is 43.9 Å². The highest BCUT2D eigenvalue weighted by Gasteiger charge is 2.11. The fraction of sp³-hybridized carbons (Fsp3) is 0.312. The Morgan fingerprint density at radius 1 is 1.17 bits per heavy atom. The smallest absolute Gasteiger partial charge is 0.417 e. The number of hydrogen-bond acceptors (Lipinski definition) is 5. The van der Waals surface area contributed by atoms with Gasteiger partial charge in [-0.05, 0) is 18.9 Å². The van der Waals surface area contributed by atoms with Gasteiger partial charge in [-0.3, -0.25) is 4.79 Å². The zero-order chi connectivity index (χ0) is 18.1. The van der Waals surface area contributed by atoms with Crippen LogP contribution >= 0.6 is 0 Å². The molecule has 0 saturated heterocycles. The van der Waals surface area contributed by atoms with Crippen LogP contribution in [0, 0.1) is 0 Å². The number of hydrogen-bond donors (Lipinski definition) is 4. The van der Waals surface area contributed by atoms with Crippen LogP contribution in [0.15, 0.2) is 42.9 Å². The number of nitrogens with two attached hydrogens (primary N) is 2. The fourth-order valence-electron chi connectivity index (χ4n) is 1.93. The maximum atomic E-state index is 10.5. The monoisotopic (exact) mass is 334 g/mol. The van der Waals surface area contributed by atoms with E-state index in [-0.39, 0.29) is 6.04 Å². The highest BCUT2D eigenvalue weighted by Crippen LogP contribution is 2.02. The zero-order valence-corrected chi connectivity index (χ0v) is 13.4. The molecule has 8 heteroatoms. The van der Waals surface area contributed by atoms with E-state index in [1.54, 1.807) is 0 Å². The average molecular weight is 334 g/mol. The summed E-state index contributed by atoms with van der Waals surface area (Å²) in [6, 6.07) is 8.49. The minimum absolute atomic E-state index is 0.0557. The summed E-state index contributed by atoms with van der Waals surface area (Å²) in [5, 5.41) is 17.2. The Morgan fingerprint density at radius 3 is 2.29 bits per heavy atom. The van der Waals surface area contributed by atoms with Gasteiger partial charge in [-0.25, -0.2) is 14.3 Å². The Hall–Kier alpha value is -2.71. The van der Waals surface area contributed by atoms with Crippen LogP contribution in [0.1, 0.15) is 18.2 Å². The number of carboxylic acid groups (broad SMARTS) is 2. The lowest BCUT2D eigenvalue weighted by atomic mass is 10.1. The normalized spacial score (nSPS) is 12.6. The first-order chi connectivity index (χ1) is 11.3. The lowest BCUT2D eigenvalue weighted by molar-refractivity contribution is -0.138. The molecule has 0 aliphatic rings. The largest absolute Gasteiger partial charge is 0.480 e. The molecule has 0 saturated carbocycles. The third-order valence-electron chi connectivity index (χ3n) is 3.07. The molecular formula is C16H22N4O4. The van der Waals surface area contributed by atoms with Gasteiger partial charge in [-0.15, -0.1) is 0 Å². The molecule has 2 rings (SSSR count). The molecule has 2 aromatic rings. The number of carboxylic acids is 1. The second kappa shape index (κ2) is 9.43. The van der Waals surface area contributed by atoms with Gasteiger partial charge in [0.05, 0.1) is 5.69 Å². The summed E-state index contributed by atoms with van der Waals surface area (Å²) >= 11 is 0. The van der Waals surface area contributed by atoms with Crippen molar-refractivity contribution < 1.29 is 19.8 Å². The molecule has 1 aromatic heterocycles. The average Bonchev–Trinajstić information content (AvgIpc) is 2.96. The van der Waals surface area contributed by atoms with Gasteiger partial charge in [-0.1, -0.05) is 30.3 Å². The number of rotatable bonds is 5. The quantitative estimate of drug-likeness (QED) is 0.636. The van der Waals surface area contributed by atoms with Crippen molar-refractivity contribution in [3.63, 3.8) is 0 Å². The third kappa shape index (κ3) is 6.59. The lowest BCUT2D eigenvalue weighted by Crippen LogP contribution is -2.32. The summed E-state index contributed by atoms with van der Waals surface area (Å²) in [6.45, 7) is 1.82. The predicted octanol–water partition coefficient (Wildman–Crippen LogP) is 0.940. The summed E-state index contributed by atoms with van der Waals surface area (Å²) in [7, 11) is 0. The van der Waals surface area contributed by atoms with Gasteiger partial charge < -0.3 is 21.7 Å². The Labute approximate surface area is 139 Å². The number of aromatic nitrogens is 2. The van der Waals surface area contributed by atoms with E-state index in [2.05, 4.69) is 4.98 Å². The van der Waals surface area contributed by atoms with Gasteiger partial charge in [-0.2, -0.15) is 0 Å². The first kappa shape index (κ1) is 19.3. The molecular weight excluding hydrogens is 312 g/mol. The molecule has 0 spiro atoms. The second-order valence-corrected chi connectivity index (χ2v) is 5.35. The summed E-state index contributed by atoms with van der Waals surface area (Å²) < 4.78 is 1.07. The number of aliphatic carboxylic acids is 1. The van der Waals surface area contributed by atoms with Gasteiger partial charge in [0, 0.05) is 18.7 Å². The van der Waals surface area contributed by atoms with Crippen LogP contribution < -0.4 is 11.5 Å². The van der Waals surface area contributed by atoms with E-state index in [9.17, 15) is 9.59 Å². The molecule has 0 unspecified atom stereocenters. The van der Waals surface area contributed by atoms with Crippen molar-refractivity contribution in [1.29, 1.82) is 0 Å². The van der Waals surface area contributed by atoms with E-state index in [0.717, 1.165) is 10.1 Å². The van der Waals surface area contributed by atoms with Crippen LogP contribution in [0.3, 0.4) is 0 Å². The predicted molar refractivity (Wildman–Crippen MR) is 88.8 cm³/mol. The minimum Gasteiger partial charge on any atom is -0.480 e. The third-order valence-corrected chi connectivity index (χ3v) is 3.07. The highest BCUT2D eigenvalue weighted by molar-refractivity contribution is 5.73. The van der Waals surface area contributed by atoms with Crippen LogP contribution in [0.25, 0.3) is 0 Å². The molecule has 0 aliphatic heterocycles. The Morgan fingerprint density at radius 2 is 1.79 bits per heavy atom. The van der Waals surface area contributed by atoms with E-state index in [0.29, 0.717) is 18.5 Å². The SMILES string of the molecule is C[C@@H](N)Cc1cncn1C(=O)O.N[C@@H](Cc1ccccc1)C(=O)O. The highest BCUT2D eigenvalue weighted by atomic mass is 16.4. The maximum Gasteiger partial charge on any atom is 0.417 e. The Bertz CT molecular complexity index is 655. The molecule has 8 nitrogen and oxygen atoms in total. The van der Waals surface area contributed by atoms with Crippen LogP contribution in [0.2, 0.25) is 0 Å². The van der Waals surface area contributed by atoms with Gasteiger partial charge in [0.25, 0.3) is 0 Å². The first-order valence-corrected chi connectivity index (χ1v) is 7.33. The van der Waals surface area contributed by atoms with Crippen molar-refractivity contribution in [2.24, 2.45) is 11.5 Å². The van der Waals surface area contributed by atoms with Crippen molar-refractivity contribution in [2.75, 3.05) is 0 Å². The standard InChI is InChI=1S/C9H11NO2.C7H11N3O2/c10-8(9(11)12)6-7-4-2-1-3-5-7;1-5(8)2-6-3-9-4-10(6)7(11)12/h1-5,8H,6,10H2,(H,11,12);3-5H,2,8H2,1H3,(H,11,12)/t8-;5-/m01/s1. The summed E-state index contributed by atoms with van der Waals surface area (Å²) in [5.74, 6) is -0.959. The molecule has 130 valence electrons. The molecule has 0 amide bonds. The zero-order valence-electron chi connectivity index (χ0n) is 13.4. The molecule has 2 atom stereocenters. The molecule has 6 N–H and O–H groups in total. The molecule has 0 aliphatic carbocycles. The van der Waals surface area contributed by atoms with Crippen molar-refractivity contribution in [3.8, 4) is 0 Å². The van der Waals surface area contributed by atoms with Crippen molar-refractivity contribution in [1.82, 2.24) is 9.55 Å². The van der Waals surface area contributed by atoms with Crippen molar-refractivity contribution >= 4 is 12.1 Å². The van der Waals surface area contributed by atoms with Gasteiger partial charge in [0.1, 0.15) is 12.4 Å². The van der Waals surface area contributed by atoms with Gasteiger partial charge in [0.2, 0.25) is 0 Å². The van der Waals surface area contributed by atoms with Gasteiger partial charge in [0.15, 0.2) is 0 Å².